The number of benzene rings is 1. The number of rotatable bonds is 4. The Hall–Kier alpha value is -2.80. The quantitative estimate of drug-likeness (QED) is 0.863. The molecule has 3 rings (SSSR count). The third-order valence-electron chi connectivity index (χ3n) is 3.33. The van der Waals surface area contributed by atoms with Gasteiger partial charge in [-0.1, -0.05) is 17.7 Å². The zero-order valence-corrected chi connectivity index (χ0v) is 13.6. The summed E-state index contributed by atoms with van der Waals surface area (Å²) < 4.78 is 5.13. The van der Waals surface area contributed by atoms with Crippen molar-refractivity contribution < 1.29 is 18.8 Å². The minimum absolute atomic E-state index is 0.234. The van der Waals surface area contributed by atoms with Crippen molar-refractivity contribution in [3.63, 3.8) is 0 Å². The zero-order chi connectivity index (χ0) is 17.1. The SMILES string of the molecule is Cc1ccc(NC(=O)CN2C(=O)S/C(=C/c3ccco3)C2=O)cc1. The van der Waals surface area contributed by atoms with Crippen LogP contribution in [0.3, 0.4) is 0 Å². The smallest absolute Gasteiger partial charge is 0.294 e. The largest absolute Gasteiger partial charge is 0.465 e. The molecule has 3 amide bonds. The van der Waals surface area contributed by atoms with E-state index in [9.17, 15) is 14.4 Å². The van der Waals surface area contributed by atoms with Crippen LogP contribution in [-0.2, 0) is 9.59 Å². The lowest BCUT2D eigenvalue weighted by Crippen LogP contribution is -2.36. The number of thioether (sulfide) groups is 1. The first kappa shape index (κ1) is 16.1. The van der Waals surface area contributed by atoms with E-state index >= 15 is 0 Å². The highest BCUT2D eigenvalue weighted by Gasteiger charge is 2.36. The molecular weight excluding hydrogens is 328 g/mol. The number of nitrogens with zero attached hydrogens (tertiary/aromatic N) is 1. The van der Waals surface area contributed by atoms with Gasteiger partial charge < -0.3 is 9.73 Å². The molecular formula is C17H14N2O4S. The summed E-state index contributed by atoms with van der Waals surface area (Å²) in [6.45, 7) is 1.62. The number of nitrogens with one attached hydrogen (secondary N) is 1. The van der Waals surface area contributed by atoms with E-state index in [-0.39, 0.29) is 11.4 Å². The average Bonchev–Trinajstić information content (AvgIpc) is 3.14. The minimum atomic E-state index is -0.500. The topological polar surface area (TPSA) is 79.6 Å². The number of furan rings is 1. The number of imide groups is 1. The van der Waals surface area contributed by atoms with Crippen LogP contribution in [0.15, 0.2) is 52.0 Å². The molecule has 6 nitrogen and oxygen atoms in total. The molecule has 0 bridgehead atoms. The van der Waals surface area contributed by atoms with Gasteiger partial charge in [-0.3, -0.25) is 19.3 Å². The van der Waals surface area contributed by atoms with E-state index in [1.54, 1.807) is 24.3 Å². The van der Waals surface area contributed by atoms with Gasteiger partial charge in [-0.25, -0.2) is 0 Å². The summed E-state index contributed by atoms with van der Waals surface area (Å²) in [5.41, 5.74) is 1.69. The van der Waals surface area contributed by atoms with Crippen LogP contribution in [0.4, 0.5) is 10.5 Å². The van der Waals surface area contributed by atoms with Gasteiger partial charge in [-0.05, 0) is 43.0 Å². The maximum absolute atomic E-state index is 12.3. The van der Waals surface area contributed by atoms with E-state index in [1.165, 1.54) is 12.3 Å². The summed E-state index contributed by atoms with van der Waals surface area (Å²) >= 11 is 0.789. The molecule has 1 aromatic carbocycles. The molecule has 1 saturated heterocycles. The Morgan fingerprint density at radius 3 is 2.67 bits per heavy atom. The second kappa shape index (κ2) is 6.76. The Morgan fingerprint density at radius 2 is 2.00 bits per heavy atom. The molecule has 0 aliphatic carbocycles. The van der Waals surface area contributed by atoms with Crippen molar-refractivity contribution >= 4 is 40.6 Å². The highest BCUT2D eigenvalue weighted by atomic mass is 32.2. The lowest BCUT2D eigenvalue weighted by Gasteiger charge is -2.12. The molecule has 1 aromatic heterocycles. The van der Waals surface area contributed by atoms with Crippen molar-refractivity contribution in [3.8, 4) is 0 Å². The molecule has 0 atom stereocenters. The Labute approximate surface area is 142 Å². The molecule has 2 aromatic rings. The number of anilines is 1. The maximum atomic E-state index is 12.3. The molecule has 122 valence electrons. The van der Waals surface area contributed by atoms with E-state index in [0.29, 0.717) is 11.4 Å². The van der Waals surface area contributed by atoms with Crippen LogP contribution in [0.1, 0.15) is 11.3 Å². The first-order valence-electron chi connectivity index (χ1n) is 7.18. The molecule has 24 heavy (non-hydrogen) atoms. The van der Waals surface area contributed by atoms with Gasteiger partial charge in [0.25, 0.3) is 11.1 Å². The van der Waals surface area contributed by atoms with E-state index < -0.39 is 17.1 Å². The predicted octanol–water partition coefficient (Wildman–Crippen LogP) is 3.26. The second-order valence-electron chi connectivity index (χ2n) is 5.20. The van der Waals surface area contributed by atoms with Gasteiger partial charge in [-0.2, -0.15) is 0 Å². The number of amides is 3. The standard InChI is InChI=1S/C17H14N2O4S/c1-11-4-6-12(7-5-11)18-15(20)10-19-16(21)14(24-17(19)22)9-13-3-2-8-23-13/h2-9H,10H2,1H3,(H,18,20)/b14-9+. The molecule has 0 saturated carbocycles. The summed E-state index contributed by atoms with van der Waals surface area (Å²) in [6, 6.07) is 10.6. The lowest BCUT2D eigenvalue weighted by atomic mass is 10.2. The Morgan fingerprint density at radius 1 is 1.25 bits per heavy atom. The lowest BCUT2D eigenvalue weighted by molar-refractivity contribution is -0.127. The van der Waals surface area contributed by atoms with Crippen LogP contribution >= 0.6 is 11.8 Å². The van der Waals surface area contributed by atoms with Crippen molar-refractivity contribution in [2.45, 2.75) is 6.92 Å². The maximum Gasteiger partial charge on any atom is 0.294 e. The van der Waals surface area contributed by atoms with Gasteiger partial charge >= 0.3 is 0 Å². The number of carbonyl (C=O) groups excluding carboxylic acids is 3. The van der Waals surface area contributed by atoms with E-state index in [4.69, 9.17) is 4.42 Å². The fourth-order valence-electron chi connectivity index (χ4n) is 2.12. The first-order valence-corrected chi connectivity index (χ1v) is 8.00. The monoisotopic (exact) mass is 342 g/mol. The third kappa shape index (κ3) is 3.57. The fourth-order valence-corrected chi connectivity index (χ4v) is 2.94. The van der Waals surface area contributed by atoms with Gasteiger partial charge in [0.1, 0.15) is 12.3 Å². The number of carbonyl (C=O) groups is 3. The molecule has 1 N–H and O–H groups in total. The molecule has 0 radical (unpaired) electrons. The molecule has 0 spiro atoms. The summed E-state index contributed by atoms with van der Waals surface area (Å²) in [6.07, 6.45) is 2.97. The summed E-state index contributed by atoms with van der Waals surface area (Å²) in [4.78, 5) is 37.5. The summed E-state index contributed by atoms with van der Waals surface area (Å²) in [5.74, 6) is -0.453. The second-order valence-corrected chi connectivity index (χ2v) is 6.19. The third-order valence-corrected chi connectivity index (χ3v) is 4.23. The molecule has 1 fully saturated rings. The normalized spacial score (nSPS) is 16.0. The fraction of sp³-hybridized carbons (Fsp3) is 0.118. The number of hydrogen-bond donors (Lipinski definition) is 1. The van der Waals surface area contributed by atoms with Gasteiger partial charge in [0, 0.05) is 11.8 Å². The Bertz CT molecular complexity index is 810. The Kier molecular flexibility index (Phi) is 4.52. The highest BCUT2D eigenvalue weighted by Crippen LogP contribution is 2.32. The summed E-state index contributed by atoms with van der Waals surface area (Å²) in [5, 5.41) is 2.19. The van der Waals surface area contributed by atoms with Crippen LogP contribution < -0.4 is 5.32 Å². The number of hydrogen-bond acceptors (Lipinski definition) is 5. The predicted molar refractivity (Wildman–Crippen MR) is 91.2 cm³/mol. The van der Waals surface area contributed by atoms with Gasteiger partial charge in [0.2, 0.25) is 5.91 Å². The van der Waals surface area contributed by atoms with Crippen molar-refractivity contribution in [1.82, 2.24) is 4.90 Å². The van der Waals surface area contributed by atoms with Crippen molar-refractivity contribution in [2.24, 2.45) is 0 Å². The van der Waals surface area contributed by atoms with E-state index in [0.717, 1.165) is 22.2 Å². The van der Waals surface area contributed by atoms with E-state index in [2.05, 4.69) is 5.32 Å². The van der Waals surface area contributed by atoms with Crippen LogP contribution in [-0.4, -0.2) is 28.5 Å². The van der Waals surface area contributed by atoms with Gasteiger partial charge in [0.05, 0.1) is 11.2 Å². The molecule has 0 unspecified atom stereocenters. The van der Waals surface area contributed by atoms with Crippen LogP contribution in [0.5, 0.6) is 0 Å². The molecule has 1 aliphatic rings. The highest BCUT2D eigenvalue weighted by molar-refractivity contribution is 8.18. The zero-order valence-electron chi connectivity index (χ0n) is 12.8. The number of aryl methyl sites for hydroxylation is 1. The Balaban J connectivity index is 1.66. The minimum Gasteiger partial charge on any atom is -0.465 e. The van der Waals surface area contributed by atoms with Gasteiger partial charge in [-0.15, -0.1) is 0 Å². The van der Waals surface area contributed by atoms with Crippen LogP contribution in [0, 0.1) is 6.92 Å². The van der Waals surface area contributed by atoms with Crippen molar-refractivity contribution in [2.75, 3.05) is 11.9 Å². The molecule has 7 heteroatoms. The van der Waals surface area contributed by atoms with E-state index in [1.807, 2.05) is 19.1 Å². The molecule has 2 heterocycles. The van der Waals surface area contributed by atoms with Crippen LogP contribution in [0.2, 0.25) is 0 Å². The van der Waals surface area contributed by atoms with Crippen LogP contribution in [0.25, 0.3) is 6.08 Å². The molecule has 1 aliphatic heterocycles. The van der Waals surface area contributed by atoms with Crippen molar-refractivity contribution in [1.29, 1.82) is 0 Å². The van der Waals surface area contributed by atoms with Gasteiger partial charge in [0.15, 0.2) is 0 Å². The summed E-state index contributed by atoms with van der Waals surface area (Å²) in [7, 11) is 0. The first-order chi connectivity index (χ1) is 11.5. The van der Waals surface area contributed by atoms with Crippen molar-refractivity contribution in [3.05, 3.63) is 58.9 Å². The average molecular weight is 342 g/mol.